The molecule has 0 aromatic rings. The summed E-state index contributed by atoms with van der Waals surface area (Å²) in [6.45, 7) is 3.29. The molecule has 1 N–H and O–H groups in total. The fourth-order valence-electron chi connectivity index (χ4n) is 0.716. The van der Waals surface area contributed by atoms with Gasteiger partial charge < -0.3 is 9.63 Å². The average molecular weight is 180 g/mol. The van der Waals surface area contributed by atoms with Crippen molar-refractivity contribution in [1.29, 1.82) is 0 Å². The summed E-state index contributed by atoms with van der Waals surface area (Å²) in [5.74, 6) is 0. The van der Waals surface area contributed by atoms with E-state index in [9.17, 15) is 4.57 Å². The molecule has 68 valence electrons. The van der Waals surface area contributed by atoms with Crippen LogP contribution in [0.3, 0.4) is 0 Å². The molecule has 0 spiro atoms. The van der Waals surface area contributed by atoms with Crippen LogP contribution in [0.1, 0.15) is 26.2 Å². The van der Waals surface area contributed by atoms with Gasteiger partial charge in [0.2, 0.25) is 0 Å². The highest BCUT2D eigenvalue weighted by molar-refractivity contribution is 7.38. The van der Waals surface area contributed by atoms with Crippen LogP contribution < -0.4 is 0 Å². The molecule has 0 aliphatic rings. The number of hydrogen-bond acceptors (Lipinski definition) is 2. The van der Waals surface area contributed by atoms with Gasteiger partial charge in [0.05, 0.1) is 6.61 Å². The Hall–Kier alpha value is 0.150. The lowest BCUT2D eigenvalue weighted by atomic mass is 10.3. The van der Waals surface area contributed by atoms with Gasteiger partial charge in [-0.2, -0.15) is 0 Å². The number of ether oxygens (including phenoxy) is 1. The second-order valence-corrected chi connectivity index (χ2v) is 3.75. The lowest BCUT2D eigenvalue weighted by Crippen LogP contribution is -1.98. The highest BCUT2D eigenvalue weighted by Gasteiger charge is 1.92. The molecule has 0 aromatic carbocycles. The maximum atomic E-state index is 10.2. The summed E-state index contributed by atoms with van der Waals surface area (Å²) < 4.78 is 15.3. The van der Waals surface area contributed by atoms with Crippen molar-refractivity contribution in [2.24, 2.45) is 0 Å². The summed E-state index contributed by atoms with van der Waals surface area (Å²) in [5.41, 5.74) is 0. The van der Waals surface area contributed by atoms with Crippen molar-refractivity contribution < 1.29 is 14.2 Å². The lowest BCUT2D eigenvalue weighted by molar-refractivity contribution is 0.144. The van der Waals surface area contributed by atoms with Crippen LogP contribution in [0.2, 0.25) is 0 Å². The normalized spacial score (nSPS) is 13.3. The van der Waals surface area contributed by atoms with Crippen LogP contribution >= 0.6 is 8.03 Å². The van der Waals surface area contributed by atoms with Gasteiger partial charge in [-0.15, -0.1) is 0 Å². The Kier molecular flexibility index (Phi) is 8.36. The molecule has 0 amide bonds. The minimum Gasteiger partial charge on any atom is -0.381 e. The Morgan fingerprint density at radius 3 is 2.64 bits per heavy atom. The molecule has 0 saturated heterocycles. The van der Waals surface area contributed by atoms with E-state index in [-0.39, 0.29) is 0 Å². The molecular weight excluding hydrogens is 163 g/mol. The van der Waals surface area contributed by atoms with E-state index in [1.165, 1.54) is 12.8 Å². The Morgan fingerprint density at radius 1 is 1.36 bits per heavy atom. The minimum atomic E-state index is -2.30. The van der Waals surface area contributed by atoms with Crippen LogP contribution in [0, 0.1) is 0 Å². The van der Waals surface area contributed by atoms with Gasteiger partial charge in [0.25, 0.3) is 0 Å². The molecule has 3 nitrogen and oxygen atoms in total. The van der Waals surface area contributed by atoms with Crippen LogP contribution in [0.5, 0.6) is 0 Å². The van der Waals surface area contributed by atoms with Crippen molar-refractivity contribution in [3.63, 3.8) is 0 Å². The maximum Gasteiger partial charge on any atom is 0.191 e. The molecule has 1 atom stereocenters. The molecule has 4 heteroatoms. The van der Waals surface area contributed by atoms with Gasteiger partial charge in [-0.3, -0.25) is 4.57 Å². The van der Waals surface area contributed by atoms with E-state index in [2.05, 4.69) is 6.92 Å². The SMILES string of the molecule is CCCCCOCC[PH](=O)O. The van der Waals surface area contributed by atoms with Crippen molar-refractivity contribution >= 4 is 8.03 Å². The minimum absolute atomic E-state index is 0.302. The summed E-state index contributed by atoms with van der Waals surface area (Å²) in [4.78, 5) is 8.42. The Balaban J connectivity index is 2.85. The summed E-state index contributed by atoms with van der Waals surface area (Å²) in [5, 5.41) is 0. The molecule has 0 fully saturated rings. The van der Waals surface area contributed by atoms with E-state index in [0.29, 0.717) is 12.8 Å². The largest absolute Gasteiger partial charge is 0.381 e. The second-order valence-electron chi connectivity index (χ2n) is 2.46. The van der Waals surface area contributed by atoms with Gasteiger partial charge in [0.1, 0.15) is 0 Å². The smallest absolute Gasteiger partial charge is 0.191 e. The molecule has 0 aliphatic carbocycles. The van der Waals surface area contributed by atoms with Crippen molar-refractivity contribution in [1.82, 2.24) is 0 Å². The highest BCUT2D eigenvalue weighted by Crippen LogP contribution is 2.10. The Morgan fingerprint density at radius 2 is 2.09 bits per heavy atom. The van der Waals surface area contributed by atoms with Crippen molar-refractivity contribution in [2.45, 2.75) is 26.2 Å². The van der Waals surface area contributed by atoms with Crippen molar-refractivity contribution in [3.05, 3.63) is 0 Å². The maximum absolute atomic E-state index is 10.2. The van der Waals surface area contributed by atoms with Crippen LogP contribution in [0.25, 0.3) is 0 Å². The number of hydrogen-bond donors (Lipinski definition) is 1. The molecule has 0 heterocycles. The average Bonchev–Trinajstić information content (AvgIpc) is 1.96. The predicted molar refractivity (Wildman–Crippen MR) is 46.4 cm³/mol. The van der Waals surface area contributed by atoms with Gasteiger partial charge >= 0.3 is 0 Å². The molecular formula is C7H17O3P. The number of rotatable bonds is 7. The third kappa shape index (κ3) is 10.2. The standard InChI is InChI=1S/C7H17O3P/c1-2-3-4-5-10-6-7-11(8)9/h11H,2-7H2,1H3,(H,8,9). The van der Waals surface area contributed by atoms with Gasteiger partial charge in [-0.25, -0.2) is 0 Å². The third-order valence-electron chi connectivity index (χ3n) is 1.35. The topological polar surface area (TPSA) is 46.5 Å². The molecule has 0 aliphatic heterocycles. The van der Waals surface area contributed by atoms with E-state index in [4.69, 9.17) is 9.63 Å². The molecule has 11 heavy (non-hydrogen) atoms. The summed E-state index contributed by atoms with van der Waals surface area (Å²) in [7, 11) is -2.30. The zero-order chi connectivity index (χ0) is 8.53. The van der Waals surface area contributed by atoms with Crippen molar-refractivity contribution in [2.75, 3.05) is 19.4 Å². The first-order valence-electron chi connectivity index (χ1n) is 4.07. The highest BCUT2D eigenvalue weighted by atomic mass is 31.1. The van der Waals surface area contributed by atoms with E-state index in [0.717, 1.165) is 13.0 Å². The van der Waals surface area contributed by atoms with Crippen LogP contribution in [0.4, 0.5) is 0 Å². The lowest BCUT2D eigenvalue weighted by Gasteiger charge is -2.00. The van der Waals surface area contributed by atoms with E-state index in [1.54, 1.807) is 0 Å². The summed E-state index contributed by atoms with van der Waals surface area (Å²) in [6, 6.07) is 0. The van der Waals surface area contributed by atoms with Gasteiger partial charge in [0.15, 0.2) is 8.03 Å². The van der Waals surface area contributed by atoms with Crippen LogP contribution in [-0.4, -0.2) is 24.3 Å². The third-order valence-corrected chi connectivity index (χ3v) is 1.98. The molecule has 0 bridgehead atoms. The molecule has 0 rings (SSSR count). The molecule has 0 aromatic heterocycles. The number of unbranched alkanes of at least 4 members (excludes halogenated alkanes) is 2. The summed E-state index contributed by atoms with van der Waals surface area (Å²) in [6.07, 6.45) is 3.72. The Bertz CT molecular complexity index is 106. The van der Waals surface area contributed by atoms with Gasteiger partial charge in [-0.05, 0) is 6.42 Å². The van der Waals surface area contributed by atoms with E-state index < -0.39 is 8.03 Å². The fourth-order valence-corrected chi connectivity index (χ4v) is 1.03. The van der Waals surface area contributed by atoms with Crippen molar-refractivity contribution in [3.8, 4) is 0 Å². The van der Waals surface area contributed by atoms with Gasteiger partial charge in [0, 0.05) is 12.8 Å². The van der Waals surface area contributed by atoms with Gasteiger partial charge in [-0.1, -0.05) is 19.8 Å². The van der Waals surface area contributed by atoms with E-state index >= 15 is 0 Å². The Labute approximate surface area is 68.6 Å². The zero-order valence-electron chi connectivity index (χ0n) is 7.01. The quantitative estimate of drug-likeness (QED) is 0.478. The van der Waals surface area contributed by atoms with Crippen LogP contribution in [0.15, 0.2) is 0 Å². The predicted octanol–water partition coefficient (Wildman–Crippen LogP) is 1.66. The first-order chi connectivity index (χ1) is 5.27. The van der Waals surface area contributed by atoms with Crippen LogP contribution in [-0.2, 0) is 9.30 Å². The zero-order valence-corrected chi connectivity index (χ0v) is 8.01. The molecule has 1 unspecified atom stereocenters. The first kappa shape index (κ1) is 11.2. The monoisotopic (exact) mass is 180 g/mol. The first-order valence-corrected chi connectivity index (χ1v) is 5.63. The summed E-state index contributed by atoms with van der Waals surface area (Å²) >= 11 is 0. The molecule has 0 saturated carbocycles. The van der Waals surface area contributed by atoms with E-state index in [1.807, 2.05) is 0 Å². The fraction of sp³-hybridized carbons (Fsp3) is 1.00. The second kappa shape index (κ2) is 8.25. The molecule has 0 radical (unpaired) electrons.